The molecule has 8 heteroatoms. The molecule has 0 spiro atoms. The van der Waals surface area contributed by atoms with E-state index in [2.05, 4.69) is 0 Å². The fraction of sp³-hybridized carbons (Fsp3) is 0.125. The molecule has 0 saturated heterocycles. The Morgan fingerprint density at radius 1 is 0.792 bits per heavy atom. The standard InChI is InChI=1S/C16H16N2O4S2/c1-21-15(19)9-3-5-11(17)13(7-9)23-24-14-8-10(16(20)22-2)4-6-12(14)18/h3-8H,17-18H2,1-2H3. The van der Waals surface area contributed by atoms with Crippen molar-refractivity contribution in [3.63, 3.8) is 0 Å². The molecular formula is C16H16N2O4S2. The molecule has 2 aromatic rings. The molecule has 0 saturated carbocycles. The molecule has 0 aromatic heterocycles. The van der Waals surface area contributed by atoms with Crippen molar-refractivity contribution in [3.05, 3.63) is 47.5 Å². The van der Waals surface area contributed by atoms with Crippen LogP contribution in [0.2, 0.25) is 0 Å². The quantitative estimate of drug-likeness (QED) is 0.473. The summed E-state index contributed by atoms with van der Waals surface area (Å²) in [6.45, 7) is 0. The summed E-state index contributed by atoms with van der Waals surface area (Å²) >= 11 is 0. The van der Waals surface area contributed by atoms with Gasteiger partial charge in [0.1, 0.15) is 0 Å². The van der Waals surface area contributed by atoms with E-state index in [4.69, 9.17) is 20.9 Å². The van der Waals surface area contributed by atoms with Gasteiger partial charge in [0.2, 0.25) is 0 Å². The summed E-state index contributed by atoms with van der Waals surface area (Å²) in [5, 5.41) is 0. The molecular weight excluding hydrogens is 348 g/mol. The molecule has 4 N–H and O–H groups in total. The summed E-state index contributed by atoms with van der Waals surface area (Å²) in [5.74, 6) is -0.872. The number of ether oxygens (including phenoxy) is 2. The van der Waals surface area contributed by atoms with Crippen molar-refractivity contribution in [3.8, 4) is 0 Å². The van der Waals surface area contributed by atoms with Crippen LogP contribution in [0.3, 0.4) is 0 Å². The maximum Gasteiger partial charge on any atom is 0.337 e. The highest BCUT2D eigenvalue weighted by Gasteiger charge is 2.12. The molecule has 24 heavy (non-hydrogen) atoms. The van der Waals surface area contributed by atoms with E-state index in [1.54, 1.807) is 36.4 Å². The Bertz CT molecular complexity index is 715. The third-order valence-corrected chi connectivity index (χ3v) is 5.57. The number of hydrogen-bond donors (Lipinski definition) is 2. The molecule has 0 bridgehead atoms. The van der Waals surface area contributed by atoms with Gasteiger partial charge in [-0.3, -0.25) is 0 Å². The van der Waals surface area contributed by atoms with Crippen molar-refractivity contribution in [2.24, 2.45) is 0 Å². The summed E-state index contributed by atoms with van der Waals surface area (Å²) in [6.07, 6.45) is 0. The molecule has 0 fully saturated rings. The first kappa shape index (κ1) is 18.0. The number of nitrogen functional groups attached to an aromatic ring is 2. The molecule has 0 aliphatic heterocycles. The first-order chi connectivity index (χ1) is 11.5. The van der Waals surface area contributed by atoms with Crippen molar-refractivity contribution in [2.75, 3.05) is 25.7 Å². The van der Waals surface area contributed by atoms with Crippen LogP contribution in [0.25, 0.3) is 0 Å². The number of anilines is 2. The summed E-state index contributed by atoms with van der Waals surface area (Å²) in [7, 11) is 5.31. The zero-order valence-electron chi connectivity index (χ0n) is 13.1. The van der Waals surface area contributed by atoms with Crippen LogP contribution < -0.4 is 11.5 Å². The second-order valence-corrected chi connectivity index (χ2v) is 6.87. The van der Waals surface area contributed by atoms with Crippen LogP contribution in [0.5, 0.6) is 0 Å². The van der Waals surface area contributed by atoms with Crippen LogP contribution in [0.15, 0.2) is 46.2 Å². The van der Waals surface area contributed by atoms with Crippen molar-refractivity contribution < 1.29 is 19.1 Å². The average molecular weight is 364 g/mol. The maximum atomic E-state index is 11.6. The maximum absolute atomic E-state index is 11.6. The van der Waals surface area contributed by atoms with Gasteiger partial charge >= 0.3 is 11.9 Å². The minimum atomic E-state index is -0.436. The monoisotopic (exact) mass is 364 g/mol. The molecule has 0 aliphatic rings. The second-order valence-electron chi connectivity index (χ2n) is 4.66. The third-order valence-electron chi connectivity index (χ3n) is 3.09. The number of esters is 2. The Balaban J connectivity index is 2.22. The van der Waals surface area contributed by atoms with E-state index in [0.717, 1.165) is 0 Å². The molecule has 0 unspecified atom stereocenters. The van der Waals surface area contributed by atoms with Crippen molar-refractivity contribution in [1.29, 1.82) is 0 Å². The number of hydrogen-bond acceptors (Lipinski definition) is 8. The van der Waals surface area contributed by atoms with Crippen LogP contribution >= 0.6 is 21.6 Å². The Kier molecular flexibility index (Phi) is 5.99. The number of benzene rings is 2. The molecule has 0 aliphatic carbocycles. The predicted molar refractivity (Wildman–Crippen MR) is 96.1 cm³/mol. The van der Waals surface area contributed by atoms with Gasteiger partial charge in [0.15, 0.2) is 0 Å². The Morgan fingerprint density at radius 2 is 1.17 bits per heavy atom. The molecule has 6 nitrogen and oxygen atoms in total. The number of methoxy groups -OCH3 is 2. The van der Waals surface area contributed by atoms with Gasteiger partial charge in [0.05, 0.1) is 25.3 Å². The topological polar surface area (TPSA) is 105 Å². The zero-order valence-corrected chi connectivity index (χ0v) is 14.7. The van der Waals surface area contributed by atoms with Crippen LogP contribution in [0, 0.1) is 0 Å². The first-order valence-corrected chi connectivity index (χ1v) is 8.91. The van der Waals surface area contributed by atoms with E-state index >= 15 is 0 Å². The van der Waals surface area contributed by atoms with Gasteiger partial charge in [-0.05, 0) is 36.4 Å². The summed E-state index contributed by atoms with van der Waals surface area (Å²) in [4.78, 5) is 24.6. The van der Waals surface area contributed by atoms with Crippen molar-refractivity contribution in [1.82, 2.24) is 0 Å². The van der Waals surface area contributed by atoms with Gasteiger partial charge < -0.3 is 20.9 Å². The number of rotatable bonds is 5. The lowest BCUT2D eigenvalue weighted by Gasteiger charge is -2.09. The largest absolute Gasteiger partial charge is 0.465 e. The average Bonchev–Trinajstić information content (AvgIpc) is 2.60. The Hall–Kier alpha value is -2.32. The highest BCUT2D eigenvalue weighted by Crippen LogP contribution is 2.42. The molecule has 0 atom stereocenters. The van der Waals surface area contributed by atoms with E-state index in [1.807, 2.05) is 0 Å². The Morgan fingerprint density at radius 3 is 1.50 bits per heavy atom. The number of carbonyl (C=O) groups excluding carboxylic acids is 2. The van der Waals surface area contributed by atoms with Crippen LogP contribution in [0.1, 0.15) is 20.7 Å². The van der Waals surface area contributed by atoms with E-state index in [9.17, 15) is 9.59 Å². The number of nitrogens with two attached hydrogens (primary N) is 2. The summed E-state index contributed by atoms with van der Waals surface area (Å²) < 4.78 is 9.40. The lowest BCUT2D eigenvalue weighted by molar-refractivity contribution is 0.0591. The van der Waals surface area contributed by atoms with E-state index in [0.29, 0.717) is 32.3 Å². The van der Waals surface area contributed by atoms with Crippen molar-refractivity contribution >= 4 is 44.9 Å². The fourth-order valence-electron chi connectivity index (χ4n) is 1.79. The highest BCUT2D eigenvalue weighted by molar-refractivity contribution is 8.76. The van der Waals surface area contributed by atoms with E-state index < -0.39 is 11.9 Å². The normalized spacial score (nSPS) is 10.2. The SMILES string of the molecule is COC(=O)c1ccc(N)c(SSc2cc(C(=O)OC)ccc2N)c1. The van der Waals surface area contributed by atoms with Gasteiger partial charge in [-0.15, -0.1) is 0 Å². The molecule has 0 amide bonds. The predicted octanol–water partition coefficient (Wildman–Crippen LogP) is 3.22. The van der Waals surface area contributed by atoms with E-state index in [-0.39, 0.29) is 0 Å². The molecule has 126 valence electrons. The van der Waals surface area contributed by atoms with E-state index in [1.165, 1.54) is 35.8 Å². The third kappa shape index (κ3) is 4.15. The summed E-state index contributed by atoms with van der Waals surface area (Å²) in [5.41, 5.74) is 13.8. The van der Waals surface area contributed by atoms with Crippen LogP contribution in [0.4, 0.5) is 11.4 Å². The van der Waals surface area contributed by atoms with Gasteiger partial charge in [0, 0.05) is 21.2 Å². The first-order valence-electron chi connectivity index (χ1n) is 6.76. The minimum absolute atomic E-state index is 0.408. The number of carbonyl (C=O) groups is 2. The smallest absolute Gasteiger partial charge is 0.337 e. The van der Waals surface area contributed by atoms with Gasteiger partial charge in [-0.2, -0.15) is 0 Å². The lowest BCUT2D eigenvalue weighted by Crippen LogP contribution is -2.02. The molecule has 0 radical (unpaired) electrons. The molecule has 2 rings (SSSR count). The van der Waals surface area contributed by atoms with Crippen molar-refractivity contribution in [2.45, 2.75) is 9.79 Å². The minimum Gasteiger partial charge on any atom is -0.465 e. The molecule has 2 aromatic carbocycles. The zero-order chi connectivity index (χ0) is 17.7. The van der Waals surface area contributed by atoms with Crippen LogP contribution in [-0.2, 0) is 9.47 Å². The van der Waals surface area contributed by atoms with Crippen LogP contribution in [-0.4, -0.2) is 26.2 Å². The second kappa shape index (κ2) is 7.98. The lowest BCUT2D eigenvalue weighted by atomic mass is 10.2. The molecule has 0 heterocycles. The summed E-state index contributed by atoms with van der Waals surface area (Å²) in [6, 6.07) is 9.79. The van der Waals surface area contributed by atoms with Gasteiger partial charge in [0.25, 0.3) is 0 Å². The highest BCUT2D eigenvalue weighted by atomic mass is 33.1. The fourth-order valence-corrected chi connectivity index (χ4v) is 4.06. The van der Waals surface area contributed by atoms with Gasteiger partial charge in [-0.25, -0.2) is 9.59 Å². The Labute approximate surface area is 147 Å². The van der Waals surface area contributed by atoms with Gasteiger partial charge in [-0.1, -0.05) is 21.6 Å².